The molecule has 2 aliphatic rings. The molecule has 0 unspecified atom stereocenters. The summed E-state index contributed by atoms with van der Waals surface area (Å²) in [5.74, 6) is 5.14. The van der Waals surface area contributed by atoms with E-state index in [1.165, 1.54) is 96.1 Å². The molecule has 2 aromatic heterocycles. The fourth-order valence-corrected chi connectivity index (χ4v) is 16.4. The molecule has 2 saturated carbocycles. The molecule has 0 spiro atoms. The van der Waals surface area contributed by atoms with E-state index in [0.717, 1.165) is 33.4 Å². The Morgan fingerprint density at radius 3 is 0.863 bits per heavy atom. The topological polar surface area (TPSA) is 77.3 Å². The smallest absolute Gasteiger partial charge is 0.179 e. The minimum atomic E-state index is -3.13. The molecule has 0 aliphatic heterocycles. The van der Waals surface area contributed by atoms with Crippen molar-refractivity contribution in [2.24, 2.45) is 0 Å². The van der Waals surface area contributed by atoms with Gasteiger partial charge in [-0.3, -0.25) is 0 Å². The molecular formula is C66H58N6Si. The maximum Gasteiger partial charge on any atom is 0.179 e. The Balaban J connectivity index is 1.00. The van der Waals surface area contributed by atoms with Crippen molar-refractivity contribution in [1.29, 1.82) is 0 Å². The largest absolute Gasteiger partial charge is 0.208 e. The summed E-state index contributed by atoms with van der Waals surface area (Å²) in [6.07, 6.45) is 12.9. The molecule has 2 fully saturated rings. The molecule has 10 aromatic rings. The Kier molecular flexibility index (Phi) is 13.3. The van der Waals surface area contributed by atoms with Gasteiger partial charge in [-0.15, -0.1) is 0 Å². The molecule has 356 valence electrons. The molecule has 6 nitrogen and oxygen atoms in total. The Hall–Kier alpha value is -8.00. The Morgan fingerprint density at radius 2 is 0.521 bits per heavy atom. The first-order valence-corrected chi connectivity index (χ1v) is 28.3. The van der Waals surface area contributed by atoms with Gasteiger partial charge in [0.05, 0.1) is 0 Å². The normalized spacial score (nSPS) is 14.5. The lowest BCUT2D eigenvalue weighted by molar-refractivity contribution is 0.443. The zero-order valence-electron chi connectivity index (χ0n) is 41.2. The van der Waals surface area contributed by atoms with E-state index < -0.39 is 8.07 Å². The summed E-state index contributed by atoms with van der Waals surface area (Å²) in [5.41, 5.74) is 8.55. The highest BCUT2D eigenvalue weighted by Crippen LogP contribution is 2.36. The average molecular weight is 963 g/mol. The number of aromatic nitrogens is 6. The van der Waals surface area contributed by atoms with Crippen LogP contribution in [0.3, 0.4) is 0 Å². The highest BCUT2D eigenvalue weighted by molar-refractivity contribution is 7.20. The van der Waals surface area contributed by atoms with Crippen LogP contribution in [0.4, 0.5) is 0 Å². The van der Waals surface area contributed by atoms with Crippen LogP contribution >= 0.6 is 0 Å². The Bertz CT molecular complexity index is 3210. The second kappa shape index (κ2) is 21.0. The van der Waals surface area contributed by atoms with E-state index in [1.54, 1.807) is 0 Å². The van der Waals surface area contributed by atoms with Gasteiger partial charge in [0.1, 0.15) is 0 Å². The zero-order chi connectivity index (χ0) is 48.8. The minimum Gasteiger partial charge on any atom is -0.208 e. The van der Waals surface area contributed by atoms with Crippen molar-refractivity contribution in [3.8, 4) is 68.3 Å². The van der Waals surface area contributed by atoms with E-state index in [9.17, 15) is 0 Å². The van der Waals surface area contributed by atoms with Gasteiger partial charge in [-0.25, -0.2) is 29.9 Å². The average Bonchev–Trinajstić information content (AvgIpc) is 3.49. The molecule has 8 aromatic carbocycles. The molecule has 0 bridgehead atoms. The third-order valence-corrected chi connectivity index (χ3v) is 20.1. The third-order valence-electron chi connectivity index (χ3n) is 15.3. The maximum absolute atomic E-state index is 5.30. The van der Waals surface area contributed by atoms with Crippen molar-refractivity contribution in [3.63, 3.8) is 0 Å². The quantitative estimate of drug-likeness (QED) is 0.0897. The minimum absolute atomic E-state index is 0.619. The van der Waals surface area contributed by atoms with Crippen molar-refractivity contribution in [2.45, 2.75) is 76.0 Å². The summed E-state index contributed by atoms with van der Waals surface area (Å²) >= 11 is 0. The Morgan fingerprint density at radius 1 is 0.247 bits per heavy atom. The first-order valence-electron chi connectivity index (χ1n) is 26.3. The first-order chi connectivity index (χ1) is 36.2. The van der Waals surface area contributed by atoms with E-state index in [1.807, 2.05) is 36.4 Å². The summed E-state index contributed by atoms with van der Waals surface area (Å²) in [6, 6.07) is 78.6. The molecule has 12 rings (SSSR count). The van der Waals surface area contributed by atoms with E-state index in [-0.39, 0.29) is 0 Å². The summed E-state index contributed by atoms with van der Waals surface area (Å²) in [7, 11) is -3.13. The maximum atomic E-state index is 5.30. The van der Waals surface area contributed by atoms with Crippen molar-refractivity contribution in [1.82, 2.24) is 29.9 Å². The molecule has 0 saturated heterocycles. The van der Waals surface area contributed by atoms with Gasteiger partial charge in [0.2, 0.25) is 0 Å². The predicted octanol–water partition coefficient (Wildman–Crippen LogP) is 13.5. The van der Waals surface area contributed by atoms with Gasteiger partial charge in [0, 0.05) is 33.4 Å². The van der Waals surface area contributed by atoms with E-state index in [4.69, 9.17) is 29.9 Å². The van der Waals surface area contributed by atoms with E-state index >= 15 is 0 Å². The summed E-state index contributed by atoms with van der Waals surface area (Å²) in [5, 5.41) is 4.93. The van der Waals surface area contributed by atoms with Crippen LogP contribution in [0.2, 0.25) is 0 Å². The standard InChI is InChI=1S/C66H58N6Si/c1-7-21-47(22-8-1)49-37-41-53(42-38-49)63-67-61(51-25-11-3-12-26-51)69-65(71-63)55-29-19-35-59(45-55)73(57-31-15-5-16-32-57,58-33-17-6-18-34-58)60-36-20-30-56(46-60)66-70-62(52-27-13-4-14-28-52)68-64(72-66)54-43-39-50(40-44-54)48-23-9-2-10-24-48/h3-6,11-20,25-48H,1-2,7-10,21-24H2. The summed E-state index contributed by atoms with van der Waals surface area (Å²) in [6.45, 7) is 0. The summed E-state index contributed by atoms with van der Waals surface area (Å²) < 4.78 is 0. The molecule has 73 heavy (non-hydrogen) atoms. The number of rotatable bonds is 12. The lowest BCUT2D eigenvalue weighted by Crippen LogP contribution is -2.74. The predicted molar refractivity (Wildman–Crippen MR) is 301 cm³/mol. The molecule has 0 radical (unpaired) electrons. The number of hydrogen-bond donors (Lipinski definition) is 0. The first kappa shape index (κ1) is 46.1. The number of hydrogen-bond acceptors (Lipinski definition) is 6. The number of nitrogens with zero attached hydrogens (tertiary/aromatic N) is 6. The van der Waals surface area contributed by atoms with Gasteiger partial charge in [-0.2, -0.15) is 0 Å². The third kappa shape index (κ3) is 9.61. The van der Waals surface area contributed by atoms with E-state index in [0.29, 0.717) is 46.8 Å². The van der Waals surface area contributed by atoms with Crippen molar-refractivity contribution >= 4 is 28.8 Å². The molecular weight excluding hydrogens is 905 g/mol. The highest BCUT2D eigenvalue weighted by Gasteiger charge is 2.42. The molecule has 0 N–H and O–H groups in total. The van der Waals surface area contributed by atoms with Crippen LogP contribution < -0.4 is 20.7 Å². The zero-order valence-corrected chi connectivity index (χ0v) is 42.2. The van der Waals surface area contributed by atoms with Gasteiger partial charge < -0.3 is 0 Å². The molecule has 2 heterocycles. The summed E-state index contributed by atoms with van der Waals surface area (Å²) in [4.78, 5) is 31.4. The number of benzene rings is 8. The van der Waals surface area contributed by atoms with Gasteiger partial charge in [0.25, 0.3) is 0 Å². The van der Waals surface area contributed by atoms with Crippen LogP contribution in [0.25, 0.3) is 68.3 Å². The van der Waals surface area contributed by atoms with Gasteiger partial charge in [-0.05, 0) is 69.4 Å². The van der Waals surface area contributed by atoms with Gasteiger partial charge in [-0.1, -0.05) is 257 Å². The molecule has 0 amide bonds. The Labute approximate surface area is 430 Å². The van der Waals surface area contributed by atoms with Crippen molar-refractivity contribution < 1.29 is 0 Å². The van der Waals surface area contributed by atoms with Crippen LogP contribution in [0.1, 0.15) is 87.2 Å². The van der Waals surface area contributed by atoms with Gasteiger partial charge >= 0.3 is 0 Å². The van der Waals surface area contributed by atoms with Crippen LogP contribution in [0.5, 0.6) is 0 Å². The second-order valence-corrected chi connectivity index (χ2v) is 23.7. The van der Waals surface area contributed by atoms with Crippen LogP contribution in [0, 0.1) is 0 Å². The second-order valence-electron chi connectivity index (χ2n) is 19.9. The molecule has 0 atom stereocenters. The SMILES string of the molecule is c1ccc(-c2nc(-c3ccc(C4CCCCC4)cc3)nc(-c3cccc([Si](c4ccccc4)(c4ccccc4)c4cccc(-c5nc(-c6ccccc6)nc(-c6ccc(C7CCCCC7)cc6)n5)c4)c3)n2)cc1. The lowest BCUT2D eigenvalue weighted by atomic mass is 9.84. The monoisotopic (exact) mass is 962 g/mol. The van der Waals surface area contributed by atoms with Crippen LogP contribution in [-0.2, 0) is 0 Å². The fourth-order valence-electron chi connectivity index (χ4n) is 11.5. The fraction of sp³-hybridized carbons (Fsp3) is 0.182. The lowest BCUT2D eigenvalue weighted by Gasteiger charge is -2.35. The molecule has 7 heteroatoms. The van der Waals surface area contributed by atoms with Crippen molar-refractivity contribution in [2.75, 3.05) is 0 Å². The highest BCUT2D eigenvalue weighted by atomic mass is 28.3. The van der Waals surface area contributed by atoms with Crippen molar-refractivity contribution in [3.05, 3.63) is 230 Å². The molecule has 2 aliphatic carbocycles. The van der Waals surface area contributed by atoms with Crippen LogP contribution in [0.15, 0.2) is 218 Å². The van der Waals surface area contributed by atoms with Gasteiger partial charge in [0.15, 0.2) is 43.0 Å². The van der Waals surface area contributed by atoms with E-state index in [2.05, 4.69) is 182 Å². The van der Waals surface area contributed by atoms with Crippen LogP contribution in [-0.4, -0.2) is 38.0 Å².